The van der Waals surface area contributed by atoms with Crippen molar-refractivity contribution >= 4 is 40.3 Å². The molecule has 0 aromatic heterocycles. The highest BCUT2D eigenvalue weighted by Gasteiger charge is 2.26. The van der Waals surface area contributed by atoms with E-state index in [2.05, 4.69) is 5.32 Å². The van der Waals surface area contributed by atoms with Crippen LogP contribution in [0.1, 0.15) is 22.8 Å². The molecule has 1 aliphatic heterocycles. The summed E-state index contributed by atoms with van der Waals surface area (Å²) in [6, 6.07) is 16.3. The Morgan fingerprint density at radius 2 is 1.63 bits per heavy atom. The second-order valence-corrected chi connectivity index (χ2v) is 9.03. The summed E-state index contributed by atoms with van der Waals surface area (Å²) in [6.45, 7) is 4.17. The van der Waals surface area contributed by atoms with Crippen LogP contribution in [-0.2, 0) is 6.54 Å². The molecule has 0 bridgehead atoms. The van der Waals surface area contributed by atoms with E-state index in [0.29, 0.717) is 43.4 Å². The van der Waals surface area contributed by atoms with Gasteiger partial charge >= 0.3 is 5.69 Å². The van der Waals surface area contributed by atoms with E-state index >= 15 is 0 Å². The first kappa shape index (κ1) is 26.7. The van der Waals surface area contributed by atoms with Crippen molar-refractivity contribution in [3.8, 4) is 5.75 Å². The first-order valence-electron chi connectivity index (χ1n) is 12.0. The van der Waals surface area contributed by atoms with Crippen LogP contribution in [-0.4, -0.2) is 53.4 Å². The molecule has 11 nitrogen and oxygen atoms in total. The monoisotopic (exact) mass is 539 g/mol. The normalized spacial score (nSPS) is 13.2. The molecule has 0 atom stereocenters. The molecule has 1 N–H and O–H groups in total. The van der Waals surface area contributed by atoms with E-state index in [0.717, 1.165) is 11.3 Å². The zero-order chi connectivity index (χ0) is 27.2. The highest BCUT2D eigenvalue weighted by atomic mass is 35.5. The minimum Gasteiger partial charge on any atom is -0.487 e. The minimum atomic E-state index is -0.563. The van der Waals surface area contributed by atoms with Crippen molar-refractivity contribution in [2.45, 2.75) is 13.5 Å². The smallest absolute Gasteiger partial charge is 0.311 e. The Bertz CT molecular complexity index is 1340. The first-order valence-corrected chi connectivity index (χ1v) is 12.4. The molecule has 1 aliphatic rings. The fraction of sp³-hybridized carbons (Fsp3) is 0.269. The van der Waals surface area contributed by atoms with Crippen molar-refractivity contribution < 1.29 is 19.4 Å². The van der Waals surface area contributed by atoms with Crippen LogP contribution in [0, 0.1) is 20.2 Å². The van der Waals surface area contributed by atoms with E-state index < -0.39 is 9.85 Å². The van der Waals surface area contributed by atoms with Gasteiger partial charge in [-0.3, -0.25) is 25.0 Å². The van der Waals surface area contributed by atoms with Crippen LogP contribution in [0.15, 0.2) is 60.7 Å². The van der Waals surface area contributed by atoms with Gasteiger partial charge in [0.15, 0.2) is 5.75 Å². The zero-order valence-corrected chi connectivity index (χ0v) is 21.4. The van der Waals surface area contributed by atoms with Crippen LogP contribution in [0.3, 0.4) is 0 Å². The largest absolute Gasteiger partial charge is 0.487 e. The number of amides is 1. The molecule has 0 radical (unpaired) electrons. The fourth-order valence-corrected chi connectivity index (χ4v) is 4.37. The van der Waals surface area contributed by atoms with Gasteiger partial charge < -0.3 is 19.9 Å². The number of carbonyl (C=O) groups excluding carboxylic acids is 1. The molecule has 0 spiro atoms. The van der Waals surface area contributed by atoms with Crippen molar-refractivity contribution in [1.29, 1.82) is 0 Å². The van der Waals surface area contributed by atoms with Gasteiger partial charge in [0, 0.05) is 61.1 Å². The average Bonchev–Trinajstić information content (AvgIpc) is 2.92. The van der Waals surface area contributed by atoms with E-state index in [-0.39, 0.29) is 35.2 Å². The SMILES string of the molecule is CCOc1ccc(C(=O)N2CCN(c3ccc([N+](=O)[O-])c(NCc4ccc(Cl)cc4)c3)CC2)cc1[N+](=O)[O-]. The molecule has 1 amide bonds. The Labute approximate surface area is 223 Å². The van der Waals surface area contributed by atoms with Gasteiger partial charge in [0.05, 0.1) is 16.5 Å². The summed E-state index contributed by atoms with van der Waals surface area (Å²) in [7, 11) is 0. The minimum absolute atomic E-state index is 0.0337. The lowest BCUT2D eigenvalue weighted by atomic mass is 10.1. The number of halogens is 1. The summed E-state index contributed by atoms with van der Waals surface area (Å²) in [5, 5.41) is 26.8. The molecule has 3 aromatic carbocycles. The number of nitro groups is 2. The molecular weight excluding hydrogens is 514 g/mol. The third-order valence-electron chi connectivity index (χ3n) is 6.21. The third kappa shape index (κ3) is 6.12. The summed E-state index contributed by atoms with van der Waals surface area (Å²) in [5.41, 5.74) is 2.04. The summed E-state index contributed by atoms with van der Waals surface area (Å²) in [5.74, 6) is -0.178. The quantitative estimate of drug-likeness (QED) is 0.292. The van der Waals surface area contributed by atoms with Gasteiger partial charge in [-0.25, -0.2) is 0 Å². The topological polar surface area (TPSA) is 131 Å². The number of carbonyl (C=O) groups is 1. The number of nitrogens with one attached hydrogen (secondary N) is 1. The number of rotatable bonds is 9. The molecule has 1 heterocycles. The van der Waals surface area contributed by atoms with Crippen LogP contribution in [0.25, 0.3) is 0 Å². The van der Waals surface area contributed by atoms with Crippen molar-refractivity contribution in [1.82, 2.24) is 4.90 Å². The molecule has 1 saturated heterocycles. The van der Waals surface area contributed by atoms with Gasteiger partial charge in [-0.2, -0.15) is 0 Å². The van der Waals surface area contributed by atoms with Gasteiger partial charge in [-0.05, 0) is 48.9 Å². The van der Waals surface area contributed by atoms with Crippen molar-refractivity contribution in [3.05, 3.63) is 97.0 Å². The molecule has 0 unspecified atom stereocenters. The van der Waals surface area contributed by atoms with Gasteiger partial charge in [-0.1, -0.05) is 23.7 Å². The maximum absolute atomic E-state index is 13.1. The number of nitrogens with zero attached hydrogens (tertiary/aromatic N) is 4. The molecule has 0 saturated carbocycles. The number of anilines is 2. The average molecular weight is 540 g/mol. The highest BCUT2D eigenvalue weighted by Crippen LogP contribution is 2.32. The van der Waals surface area contributed by atoms with Gasteiger partial charge in [0.2, 0.25) is 0 Å². The number of hydrogen-bond donors (Lipinski definition) is 1. The summed E-state index contributed by atoms with van der Waals surface area (Å²) < 4.78 is 5.30. The van der Waals surface area contributed by atoms with Gasteiger partial charge in [-0.15, -0.1) is 0 Å². The number of hydrogen-bond acceptors (Lipinski definition) is 8. The van der Waals surface area contributed by atoms with Crippen LogP contribution in [0.2, 0.25) is 5.02 Å². The Morgan fingerprint density at radius 3 is 2.26 bits per heavy atom. The third-order valence-corrected chi connectivity index (χ3v) is 6.46. The summed E-state index contributed by atoms with van der Waals surface area (Å²) >= 11 is 5.93. The van der Waals surface area contributed by atoms with Crippen LogP contribution >= 0.6 is 11.6 Å². The van der Waals surface area contributed by atoms with E-state index in [1.54, 1.807) is 36.1 Å². The van der Waals surface area contributed by atoms with E-state index in [1.165, 1.54) is 24.3 Å². The second-order valence-electron chi connectivity index (χ2n) is 8.59. The predicted molar refractivity (Wildman–Crippen MR) is 144 cm³/mol. The molecule has 3 aromatic rings. The maximum atomic E-state index is 13.1. The Hall–Kier alpha value is -4.38. The van der Waals surface area contributed by atoms with E-state index in [9.17, 15) is 25.0 Å². The number of piperazine rings is 1. The van der Waals surface area contributed by atoms with Gasteiger partial charge in [0.1, 0.15) is 5.69 Å². The van der Waals surface area contributed by atoms with E-state index in [1.807, 2.05) is 17.0 Å². The Balaban J connectivity index is 1.44. The molecule has 4 rings (SSSR count). The zero-order valence-electron chi connectivity index (χ0n) is 20.6. The summed E-state index contributed by atoms with van der Waals surface area (Å²) in [6.07, 6.45) is 0. The van der Waals surface area contributed by atoms with Crippen LogP contribution in [0.5, 0.6) is 5.75 Å². The second kappa shape index (κ2) is 11.8. The lowest BCUT2D eigenvalue weighted by Gasteiger charge is -2.36. The van der Waals surface area contributed by atoms with Crippen molar-refractivity contribution in [2.75, 3.05) is 43.0 Å². The first-order chi connectivity index (χ1) is 18.3. The fourth-order valence-electron chi connectivity index (χ4n) is 4.24. The highest BCUT2D eigenvalue weighted by molar-refractivity contribution is 6.30. The molecule has 0 aliphatic carbocycles. The number of ether oxygens (including phenoxy) is 1. The van der Waals surface area contributed by atoms with Crippen LogP contribution in [0.4, 0.5) is 22.7 Å². The molecule has 1 fully saturated rings. The lowest BCUT2D eigenvalue weighted by Crippen LogP contribution is -2.48. The number of nitro benzene ring substituents is 2. The molecule has 12 heteroatoms. The van der Waals surface area contributed by atoms with Crippen molar-refractivity contribution in [3.63, 3.8) is 0 Å². The van der Waals surface area contributed by atoms with Crippen molar-refractivity contribution in [2.24, 2.45) is 0 Å². The molecule has 38 heavy (non-hydrogen) atoms. The number of benzene rings is 3. The molecule has 198 valence electrons. The molecular formula is C26H26ClN5O6. The van der Waals surface area contributed by atoms with E-state index in [4.69, 9.17) is 16.3 Å². The summed E-state index contributed by atoms with van der Waals surface area (Å²) in [4.78, 5) is 38.7. The van der Waals surface area contributed by atoms with Gasteiger partial charge in [0.25, 0.3) is 11.6 Å². The Kier molecular flexibility index (Phi) is 8.27. The Morgan fingerprint density at radius 1 is 0.947 bits per heavy atom. The maximum Gasteiger partial charge on any atom is 0.311 e. The lowest BCUT2D eigenvalue weighted by molar-refractivity contribution is -0.385. The van der Waals surface area contributed by atoms with Crippen LogP contribution < -0.4 is 15.0 Å². The standard InChI is InChI=1S/C26H26ClN5O6/c1-2-38-25-10-5-19(15-24(25)32(36)37)26(33)30-13-11-29(12-14-30)21-8-9-23(31(34)35)22(16-21)28-17-18-3-6-20(27)7-4-18/h3-10,15-16,28H,2,11-14,17H2,1H3. The predicted octanol–water partition coefficient (Wildman–Crippen LogP) is 5.13.